The molecule has 1 atom stereocenters. The van der Waals surface area contributed by atoms with Crippen molar-refractivity contribution in [3.05, 3.63) is 47.1 Å². The minimum absolute atomic E-state index is 0.578. The third-order valence-electron chi connectivity index (χ3n) is 5.54. The van der Waals surface area contributed by atoms with Crippen LogP contribution in [0.5, 0.6) is 5.88 Å². The molecule has 1 aliphatic heterocycles. The predicted molar refractivity (Wildman–Crippen MR) is 123 cm³/mol. The number of nitrogens with zero attached hydrogens (tertiary/aromatic N) is 2. The highest BCUT2D eigenvalue weighted by atomic mass is 79.9. The lowest BCUT2D eigenvalue weighted by molar-refractivity contribution is 0.353. The van der Waals surface area contributed by atoms with Gasteiger partial charge in [-0.1, -0.05) is 18.2 Å². The van der Waals surface area contributed by atoms with Crippen molar-refractivity contribution in [2.75, 3.05) is 32.1 Å². The number of nitrogens with one attached hydrogen (secondary N) is 2. The smallest absolute Gasteiger partial charge is 0.213 e. The number of fused-ring (bicyclic) bond motifs is 1. The Bertz CT molecular complexity index is 972. The molecule has 0 aliphatic carbocycles. The average Bonchev–Trinajstić information content (AvgIpc) is 2.77. The minimum atomic E-state index is 0.578. The standard InChI is InChI=1S/C23H27BrN4O/c1-29-23-12-18(19(24)15-27-23)22-13-21(17-8-2-3-9-20(17)28-22)26-11-5-7-16-6-4-10-25-14-16/h2-3,8-9,12-13,15-16,25H,4-7,10-11,14H2,1H3,(H,26,28). The van der Waals surface area contributed by atoms with Crippen LogP contribution in [0, 0.1) is 5.92 Å². The van der Waals surface area contributed by atoms with Crippen molar-refractivity contribution >= 4 is 32.5 Å². The summed E-state index contributed by atoms with van der Waals surface area (Å²) < 4.78 is 6.21. The monoisotopic (exact) mass is 454 g/mol. The molecule has 1 fully saturated rings. The Balaban J connectivity index is 1.56. The maximum atomic E-state index is 5.31. The molecule has 0 radical (unpaired) electrons. The molecule has 3 heterocycles. The molecule has 2 N–H and O–H groups in total. The van der Waals surface area contributed by atoms with Crippen LogP contribution in [0.1, 0.15) is 25.7 Å². The number of hydrogen-bond acceptors (Lipinski definition) is 5. The second-order valence-corrected chi connectivity index (χ2v) is 8.41. The van der Waals surface area contributed by atoms with Crippen LogP contribution < -0.4 is 15.4 Å². The molecule has 4 rings (SSSR count). The molecule has 2 aromatic heterocycles. The zero-order valence-electron chi connectivity index (χ0n) is 16.7. The molecule has 5 nitrogen and oxygen atoms in total. The molecule has 0 saturated carbocycles. The van der Waals surface area contributed by atoms with Crippen LogP contribution in [0.2, 0.25) is 0 Å². The van der Waals surface area contributed by atoms with E-state index in [-0.39, 0.29) is 0 Å². The van der Waals surface area contributed by atoms with E-state index < -0.39 is 0 Å². The van der Waals surface area contributed by atoms with Gasteiger partial charge in [-0.2, -0.15) is 0 Å². The number of aromatic nitrogens is 2. The summed E-state index contributed by atoms with van der Waals surface area (Å²) in [6, 6.07) is 12.3. The van der Waals surface area contributed by atoms with E-state index in [2.05, 4.69) is 55.8 Å². The van der Waals surface area contributed by atoms with Crippen LogP contribution in [0.4, 0.5) is 5.69 Å². The van der Waals surface area contributed by atoms with E-state index in [1.165, 1.54) is 38.8 Å². The van der Waals surface area contributed by atoms with Crippen LogP contribution in [0.3, 0.4) is 0 Å². The van der Waals surface area contributed by atoms with E-state index in [4.69, 9.17) is 9.72 Å². The summed E-state index contributed by atoms with van der Waals surface area (Å²) in [5, 5.41) is 8.32. The van der Waals surface area contributed by atoms with Crippen LogP contribution in [-0.4, -0.2) is 36.7 Å². The van der Waals surface area contributed by atoms with Crippen molar-refractivity contribution < 1.29 is 4.74 Å². The number of piperidine rings is 1. The normalized spacial score (nSPS) is 16.7. The largest absolute Gasteiger partial charge is 0.481 e. The number of benzene rings is 1. The predicted octanol–water partition coefficient (Wildman–Crippen LogP) is 5.26. The van der Waals surface area contributed by atoms with Gasteiger partial charge in [0.25, 0.3) is 0 Å². The summed E-state index contributed by atoms with van der Waals surface area (Å²) in [6.07, 6.45) is 6.86. The summed E-state index contributed by atoms with van der Waals surface area (Å²) in [6.45, 7) is 3.31. The number of methoxy groups -OCH3 is 1. The summed E-state index contributed by atoms with van der Waals surface area (Å²) in [5.74, 6) is 1.39. The number of anilines is 1. The van der Waals surface area contributed by atoms with E-state index in [0.717, 1.165) is 44.8 Å². The van der Waals surface area contributed by atoms with Gasteiger partial charge in [-0.25, -0.2) is 9.97 Å². The van der Waals surface area contributed by atoms with Gasteiger partial charge in [-0.3, -0.25) is 0 Å². The molecular weight excluding hydrogens is 428 g/mol. The number of rotatable bonds is 7. The highest BCUT2D eigenvalue weighted by molar-refractivity contribution is 9.10. The van der Waals surface area contributed by atoms with Gasteiger partial charge in [0.05, 0.1) is 18.3 Å². The van der Waals surface area contributed by atoms with Crippen LogP contribution in [0.25, 0.3) is 22.2 Å². The lowest BCUT2D eigenvalue weighted by Gasteiger charge is -2.22. The SMILES string of the molecule is COc1cc(-c2cc(NCCCC3CCCNC3)c3ccccc3n2)c(Br)cn1. The quantitative estimate of drug-likeness (QED) is 0.476. The molecule has 1 saturated heterocycles. The number of para-hydroxylation sites is 1. The van der Waals surface area contributed by atoms with Gasteiger partial charge in [0.15, 0.2) is 0 Å². The van der Waals surface area contributed by atoms with E-state index in [1.54, 1.807) is 13.3 Å². The highest BCUT2D eigenvalue weighted by Gasteiger charge is 2.14. The van der Waals surface area contributed by atoms with E-state index in [9.17, 15) is 0 Å². The molecule has 1 aromatic carbocycles. The van der Waals surface area contributed by atoms with Gasteiger partial charge < -0.3 is 15.4 Å². The number of hydrogen-bond donors (Lipinski definition) is 2. The van der Waals surface area contributed by atoms with Crippen molar-refractivity contribution in [3.8, 4) is 17.1 Å². The third-order valence-corrected chi connectivity index (χ3v) is 6.17. The van der Waals surface area contributed by atoms with Gasteiger partial charge in [0.2, 0.25) is 5.88 Å². The number of halogens is 1. The lowest BCUT2D eigenvalue weighted by atomic mass is 9.95. The molecule has 29 heavy (non-hydrogen) atoms. The topological polar surface area (TPSA) is 59.1 Å². The molecule has 6 heteroatoms. The van der Waals surface area contributed by atoms with Crippen molar-refractivity contribution in [1.82, 2.24) is 15.3 Å². The number of ether oxygens (including phenoxy) is 1. The van der Waals surface area contributed by atoms with Crippen LogP contribution in [0.15, 0.2) is 47.1 Å². The zero-order chi connectivity index (χ0) is 20.1. The van der Waals surface area contributed by atoms with Crippen molar-refractivity contribution in [1.29, 1.82) is 0 Å². The first-order valence-corrected chi connectivity index (χ1v) is 11.1. The first-order chi connectivity index (χ1) is 14.2. The Kier molecular flexibility index (Phi) is 6.62. The Labute approximate surface area is 180 Å². The maximum absolute atomic E-state index is 5.31. The van der Waals surface area contributed by atoms with Crippen molar-refractivity contribution in [2.24, 2.45) is 5.92 Å². The van der Waals surface area contributed by atoms with Gasteiger partial charge in [0, 0.05) is 39.9 Å². The third kappa shape index (κ3) is 4.87. The van der Waals surface area contributed by atoms with Crippen molar-refractivity contribution in [2.45, 2.75) is 25.7 Å². The molecule has 0 amide bonds. The maximum Gasteiger partial charge on any atom is 0.213 e. The molecule has 1 aliphatic rings. The average molecular weight is 455 g/mol. The Morgan fingerprint density at radius 2 is 2.17 bits per heavy atom. The summed E-state index contributed by atoms with van der Waals surface area (Å²) in [4.78, 5) is 9.14. The van der Waals surface area contributed by atoms with E-state index in [0.29, 0.717) is 5.88 Å². The van der Waals surface area contributed by atoms with Crippen molar-refractivity contribution in [3.63, 3.8) is 0 Å². The lowest BCUT2D eigenvalue weighted by Crippen LogP contribution is -2.29. The minimum Gasteiger partial charge on any atom is -0.481 e. The Morgan fingerprint density at radius 1 is 1.28 bits per heavy atom. The first-order valence-electron chi connectivity index (χ1n) is 10.3. The van der Waals surface area contributed by atoms with Gasteiger partial charge in [-0.05, 0) is 72.8 Å². The van der Waals surface area contributed by atoms with Crippen LogP contribution >= 0.6 is 15.9 Å². The highest BCUT2D eigenvalue weighted by Crippen LogP contribution is 2.33. The van der Waals surface area contributed by atoms with Crippen LogP contribution in [-0.2, 0) is 0 Å². The molecule has 0 bridgehead atoms. The molecule has 1 unspecified atom stereocenters. The molecule has 0 spiro atoms. The Hall–Kier alpha value is -2.18. The second-order valence-electron chi connectivity index (χ2n) is 7.56. The molecule has 3 aromatic rings. The second kappa shape index (κ2) is 9.55. The molecule has 152 valence electrons. The van der Waals surface area contributed by atoms with E-state index >= 15 is 0 Å². The molecular formula is C23H27BrN4O. The fourth-order valence-corrected chi connectivity index (χ4v) is 4.39. The summed E-state index contributed by atoms with van der Waals surface area (Å²) in [5.41, 5.74) is 3.97. The van der Waals surface area contributed by atoms with Gasteiger partial charge in [-0.15, -0.1) is 0 Å². The Morgan fingerprint density at radius 3 is 3.00 bits per heavy atom. The van der Waals surface area contributed by atoms with Gasteiger partial charge in [0.1, 0.15) is 0 Å². The van der Waals surface area contributed by atoms with E-state index in [1.807, 2.05) is 12.1 Å². The summed E-state index contributed by atoms with van der Waals surface area (Å²) >= 11 is 3.61. The van der Waals surface area contributed by atoms with Gasteiger partial charge >= 0.3 is 0 Å². The first kappa shape index (κ1) is 20.1. The fraction of sp³-hybridized carbons (Fsp3) is 0.391. The summed E-state index contributed by atoms with van der Waals surface area (Å²) in [7, 11) is 1.63. The zero-order valence-corrected chi connectivity index (χ0v) is 18.3. The number of pyridine rings is 2. The fourth-order valence-electron chi connectivity index (χ4n) is 3.97.